The summed E-state index contributed by atoms with van der Waals surface area (Å²) in [7, 11) is -3.81. The van der Waals surface area contributed by atoms with E-state index in [9.17, 15) is 13.2 Å². The molecule has 2 rings (SSSR count). The summed E-state index contributed by atoms with van der Waals surface area (Å²) < 4.78 is 25.9. The number of rotatable bonds is 4. The van der Waals surface area contributed by atoms with Gasteiger partial charge >= 0.3 is 0 Å². The minimum absolute atomic E-state index is 0.225. The summed E-state index contributed by atoms with van der Waals surface area (Å²) >= 11 is 5.90. The number of halogens is 1. The number of pyridine rings is 1. The van der Waals surface area contributed by atoms with Crippen molar-refractivity contribution in [1.82, 2.24) is 9.71 Å². The van der Waals surface area contributed by atoms with Crippen LogP contribution in [0.25, 0.3) is 0 Å². The van der Waals surface area contributed by atoms with Crippen LogP contribution in [0.1, 0.15) is 15.9 Å². The monoisotopic (exact) mass is 310 g/mol. The Hall–Kier alpha value is -1.92. The molecule has 5 nitrogen and oxygen atoms in total. The van der Waals surface area contributed by atoms with E-state index in [0.29, 0.717) is 10.6 Å². The summed E-state index contributed by atoms with van der Waals surface area (Å²) in [6.45, 7) is 0. The van der Waals surface area contributed by atoms with Crippen LogP contribution in [0, 0.1) is 0 Å². The van der Waals surface area contributed by atoms with E-state index >= 15 is 0 Å². The highest BCUT2D eigenvalue weighted by Gasteiger charge is 2.17. The van der Waals surface area contributed by atoms with E-state index in [-0.39, 0.29) is 11.3 Å². The quantitative estimate of drug-likeness (QED) is 0.937. The molecule has 0 radical (unpaired) electrons. The fraction of sp³-hybridized carbons (Fsp3) is 0.0769. The molecule has 1 aromatic carbocycles. The Labute approximate surface area is 121 Å². The number of sulfonamides is 1. The fourth-order valence-corrected chi connectivity index (χ4v) is 2.98. The van der Waals surface area contributed by atoms with Crippen molar-refractivity contribution in [1.29, 1.82) is 0 Å². The number of aromatic nitrogens is 1. The molecule has 0 aliphatic heterocycles. The van der Waals surface area contributed by atoms with Gasteiger partial charge in [-0.3, -0.25) is 9.78 Å². The van der Waals surface area contributed by atoms with E-state index in [1.807, 2.05) is 4.72 Å². The van der Waals surface area contributed by atoms with E-state index < -0.39 is 15.9 Å². The highest BCUT2D eigenvalue weighted by Crippen LogP contribution is 2.17. The standard InChI is InChI=1S/C13H11ClN2O3S/c14-12-4-2-1-3-11(12)9-20(18,19)16-13(17)10-5-7-15-8-6-10/h1-8H,9H2,(H,16,17). The minimum atomic E-state index is -3.81. The summed E-state index contributed by atoms with van der Waals surface area (Å²) in [4.78, 5) is 15.5. The molecular weight excluding hydrogens is 300 g/mol. The van der Waals surface area contributed by atoms with Gasteiger partial charge in [-0.25, -0.2) is 13.1 Å². The van der Waals surface area contributed by atoms with Gasteiger partial charge in [0.2, 0.25) is 10.0 Å². The van der Waals surface area contributed by atoms with Crippen molar-refractivity contribution in [3.05, 3.63) is 64.9 Å². The van der Waals surface area contributed by atoms with Gasteiger partial charge in [0.15, 0.2) is 0 Å². The van der Waals surface area contributed by atoms with Crippen molar-refractivity contribution in [2.24, 2.45) is 0 Å². The molecule has 1 aromatic heterocycles. The zero-order valence-electron chi connectivity index (χ0n) is 10.3. The van der Waals surface area contributed by atoms with Gasteiger partial charge in [-0.15, -0.1) is 0 Å². The van der Waals surface area contributed by atoms with Crippen LogP contribution >= 0.6 is 11.6 Å². The molecule has 0 saturated carbocycles. The van der Waals surface area contributed by atoms with Crippen molar-refractivity contribution in [3.63, 3.8) is 0 Å². The number of carbonyl (C=O) groups is 1. The molecule has 1 heterocycles. The van der Waals surface area contributed by atoms with E-state index in [1.54, 1.807) is 24.3 Å². The summed E-state index contributed by atoms with van der Waals surface area (Å²) in [6.07, 6.45) is 2.82. The van der Waals surface area contributed by atoms with Crippen LogP contribution in [-0.4, -0.2) is 19.3 Å². The molecule has 0 saturated heterocycles. The number of hydrogen-bond donors (Lipinski definition) is 1. The van der Waals surface area contributed by atoms with Gasteiger partial charge in [0.1, 0.15) is 0 Å². The van der Waals surface area contributed by atoms with Gasteiger partial charge in [-0.05, 0) is 23.8 Å². The smallest absolute Gasteiger partial charge is 0.264 e. The Morgan fingerprint density at radius 3 is 2.45 bits per heavy atom. The Bertz CT molecular complexity index is 717. The first-order chi connectivity index (χ1) is 9.48. The second-order valence-corrected chi connectivity index (χ2v) is 6.15. The van der Waals surface area contributed by atoms with Crippen molar-refractivity contribution in [2.75, 3.05) is 0 Å². The van der Waals surface area contributed by atoms with Crippen LogP contribution in [0.5, 0.6) is 0 Å². The van der Waals surface area contributed by atoms with Crippen LogP contribution < -0.4 is 4.72 Å². The van der Waals surface area contributed by atoms with Gasteiger partial charge in [-0.1, -0.05) is 29.8 Å². The molecule has 0 bridgehead atoms. The number of carbonyl (C=O) groups excluding carboxylic acids is 1. The van der Waals surface area contributed by atoms with Gasteiger partial charge in [0.25, 0.3) is 5.91 Å². The van der Waals surface area contributed by atoms with Crippen molar-refractivity contribution in [2.45, 2.75) is 5.75 Å². The second-order valence-electron chi connectivity index (χ2n) is 4.02. The number of amides is 1. The number of nitrogens with one attached hydrogen (secondary N) is 1. The van der Waals surface area contributed by atoms with E-state index in [4.69, 9.17) is 11.6 Å². The average Bonchev–Trinajstić information content (AvgIpc) is 2.41. The molecule has 1 N–H and O–H groups in total. The molecule has 0 spiro atoms. The van der Waals surface area contributed by atoms with Crippen molar-refractivity contribution in [3.8, 4) is 0 Å². The Balaban J connectivity index is 2.13. The predicted molar refractivity (Wildman–Crippen MR) is 75.8 cm³/mol. The summed E-state index contributed by atoms with van der Waals surface area (Å²) in [5.74, 6) is -1.05. The van der Waals surface area contributed by atoms with Gasteiger partial charge in [-0.2, -0.15) is 0 Å². The first kappa shape index (κ1) is 14.5. The van der Waals surface area contributed by atoms with Crippen LogP contribution in [0.4, 0.5) is 0 Å². The van der Waals surface area contributed by atoms with E-state index in [2.05, 4.69) is 4.98 Å². The first-order valence-electron chi connectivity index (χ1n) is 5.66. The van der Waals surface area contributed by atoms with Crippen molar-refractivity contribution >= 4 is 27.5 Å². The molecular formula is C13H11ClN2O3S. The molecule has 0 fully saturated rings. The highest BCUT2D eigenvalue weighted by molar-refractivity contribution is 7.89. The fourth-order valence-electron chi connectivity index (χ4n) is 1.56. The van der Waals surface area contributed by atoms with Crippen LogP contribution in [0.15, 0.2) is 48.8 Å². The Morgan fingerprint density at radius 2 is 1.80 bits per heavy atom. The Morgan fingerprint density at radius 1 is 1.15 bits per heavy atom. The minimum Gasteiger partial charge on any atom is -0.268 e. The molecule has 20 heavy (non-hydrogen) atoms. The lowest BCUT2D eigenvalue weighted by atomic mass is 10.2. The van der Waals surface area contributed by atoms with Gasteiger partial charge in [0, 0.05) is 23.0 Å². The maximum Gasteiger partial charge on any atom is 0.264 e. The molecule has 1 amide bonds. The highest BCUT2D eigenvalue weighted by atomic mass is 35.5. The maximum absolute atomic E-state index is 11.9. The third-order valence-electron chi connectivity index (χ3n) is 2.49. The molecule has 0 unspecified atom stereocenters. The molecule has 7 heteroatoms. The first-order valence-corrected chi connectivity index (χ1v) is 7.69. The summed E-state index contributed by atoms with van der Waals surface area (Å²) in [6, 6.07) is 9.44. The summed E-state index contributed by atoms with van der Waals surface area (Å²) in [5.41, 5.74) is 0.659. The van der Waals surface area contributed by atoms with E-state index in [1.165, 1.54) is 24.5 Å². The lowest BCUT2D eigenvalue weighted by Gasteiger charge is -2.08. The SMILES string of the molecule is O=C(NS(=O)(=O)Cc1ccccc1Cl)c1ccncc1. The largest absolute Gasteiger partial charge is 0.268 e. The zero-order valence-corrected chi connectivity index (χ0v) is 11.9. The normalized spacial score (nSPS) is 11.1. The summed E-state index contributed by atoms with van der Waals surface area (Å²) in [5, 5.41) is 0.342. The van der Waals surface area contributed by atoms with E-state index in [0.717, 1.165) is 0 Å². The third-order valence-corrected chi connectivity index (χ3v) is 4.05. The predicted octanol–water partition coefficient (Wildman–Crippen LogP) is 1.99. The van der Waals surface area contributed by atoms with Crippen LogP contribution in [0.2, 0.25) is 5.02 Å². The average molecular weight is 311 g/mol. The maximum atomic E-state index is 11.9. The molecule has 0 aliphatic carbocycles. The molecule has 2 aromatic rings. The molecule has 0 aliphatic rings. The Kier molecular flexibility index (Phi) is 4.36. The lowest BCUT2D eigenvalue weighted by Crippen LogP contribution is -2.31. The zero-order chi connectivity index (χ0) is 14.6. The second kappa shape index (κ2) is 6.02. The van der Waals surface area contributed by atoms with Crippen molar-refractivity contribution < 1.29 is 13.2 Å². The number of benzene rings is 1. The number of nitrogens with zero attached hydrogens (tertiary/aromatic N) is 1. The molecule has 104 valence electrons. The third kappa shape index (κ3) is 3.79. The van der Waals surface area contributed by atoms with Crippen LogP contribution in [0.3, 0.4) is 0 Å². The van der Waals surface area contributed by atoms with Gasteiger partial charge < -0.3 is 0 Å². The molecule has 0 atom stereocenters. The topological polar surface area (TPSA) is 76.1 Å². The number of hydrogen-bond acceptors (Lipinski definition) is 4. The lowest BCUT2D eigenvalue weighted by molar-refractivity contribution is 0.0981. The van der Waals surface area contributed by atoms with Crippen LogP contribution in [-0.2, 0) is 15.8 Å². The van der Waals surface area contributed by atoms with Gasteiger partial charge in [0.05, 0.1) is 5.75 Å².